The molecule has 0 saturated carbocycles. The first-order valence-corrected chi connectivity index (χ1v) is 11.5. The van der Waals surface area contributed by atoms with Gasteiger partial charge in [-0.1, -0.05) is 63.2 Å². The highest BCUT2D eigenvalue weighted by Gasteiger charge is 2.15. The zero-order chi connectivity index (χ0) is 24.4. The second-order valence-corrected chi connectivity index (χ2v) is 9.42. The maximum atomic E-state index is 12.5. The quantitative estimate of drug-likeness (QED) is 0.272. The smallest absolute Gasteiger partial charge is 0.248 e. The summed E-state index contributed by atoms with van der Waals surface area (Å²) in [5.41, 5.74) is 5.22. The van der Waals surface area contributed by atoms with Crippen molar-refractivity contribution in [2.24, 2.45) is 0 Å². The molecule has 0 aliphatic carbocycles. The molecule has 35 heavy (non-hydrogen) atoms. The highest BCUT2D eigenvalue weighted by molar-refractivity contribution is 6.02. The number of carbonyl (C=O) groups is 1. The van der Waals surface area contributed by atoms with Crippen LogP contribution in [0.2, 0.25) is 0 Å². The SMILES string of the molecule is CC(C)(C)c1ccc(-c2nc3cc(NC(=O)/C=C/c4ccc(-c5ccccc5)o4)ccc3o2)cc1. The lowest BCUT2D eigenvalue weighted by molar-refractivity contribution is -0.111. The molecule has 0 unspecified atom stereocenters. The molecule has 0 bridgehead atoms. The van der Waals surface area contributed by atoms with Crippen molar-refractivity contribution in [3.05, 3.63) is 102 Å². The molecule has 2 heterocycles. The minimum Gasteiger partial charge on any atom is -0.457 e. The van der Waals surface area contributed by atoms with Crippen molar-refractivity contribution >= 4 is 28.8 Å². The van der Waals surface area contributed by atoms with Crippen molar-refractivity contribution < 1.29 is 13.6 Å². The van der Waals surface area contributed by atoms with E-state index in [0.717, 1.165) is 16.9 Å². The summed E-state index contributed by atoms with van der Waals surface area (Å²) in [6, 6.07) is 27.2. The Bertz CT molecular complexity index is 1500. The van der Waals surface area contributed by atoms with Gasteiger partial charge in [0, 0.05) is 22.9 Å². The highest BCUT2D eigenvalue weighted by Crippen LogP contribution is 2.29. The third-order valence-electron chi connectivity index (χ3n) is 5.74. The molecule has 5 heteroatoms. The second-order valence-electron chi connectivity index (χ2n) is 9.42. The van der Waals surface area contributed by atoms with Crippen molar-refractivity contribution in [3.8, 4) is 22.8 Å². The van der Waals surface area contributed by atoms with Crippen LogP contribution in [0.15, 0.2) is 99.8 Å². The number of carbonyl (C=O) groups excluding carboxylic acids is 1. The Labute approximate surface area is 204 Å². The molecule has 5 aromatic rings. The van der Waals surface area contributed by atoms with E-state index in [0.29, 0.717) is 28.4 Å². The molecule has 0 saturated heterocycles. The molecule has 1 amide bonds. The molecule has 5 nitrogen and oxygen atoms in total. The molecule has 1 N–H and O–H groups in total. The van der Waals surface area contributed by atoms with Gasteiger partial charge in [-0.3, -0.25) is 4.79 Å². The molecule has 0 atom stereocenters. The van der Waals surface area contributed by atoms with Gasteiger partial charge >= 0.3 is 0 Å². The van der Waals surface area contributed by atoms with Crippen LogP contribution in [0.5, 0.6) is 0 Å². The van der Waals surface area contributed by atoms with Gasteiger partial charge in [-0.05, 0) is 59.5 Å². The molecule has 5 rings (SSSR count). The lowest BCUT2D eigenvalue weighted by Gasteiger charge is -2.18. The fourth-order valence-corrected chi connectivity index (χ4v) is 3.78. The first-order chi connectivity index (χ1) is 16.8. The topological polar surface area (TPSA) is 68.3 Å². The van der Waals surface area contributed by atoms with Gasteiger partial charge in [-0.25, -0.2) is 4.98 Å². The van der Waals surface area contributed by atoms with Crippen LogP contribution in [0.4, 0.5) is 5.69 Å². The Morgan fingerprint density at radius 1 is 0.857 bits per heavy atom. The van der Waals surface area contributed by atoms with E-state index < -0.39 is 0 Å². The number of aromatic nitrogens is 1. The maximum absolute atomic E-state index is 12.5. The first-order valence-electron chi connectivity index (χ1n) is 11.5. The summed E-state index contributed by atoms with van der Waals surface area (Å²) in [5.74, 6) is 1.65. The van der Waals surface area contributed by atoms with E-state index >= 15 is 0 Å². The standard InChI is InChI=1S/C30H26N2O3/c1-30(2,3)22-11-9-21(10-12-22)29-32-25-19-23(13-16-27(25)35-29)31-28(33)18-15-24-14-17-26(34-24)20-7-5-4-6-8-20/h4-19H,1-3H3,(H,31,33)/b18-15+. The number of anilines is 1. The Hall–Kier alpha value is -4.38. The summed E-state index contributed by atoms with van der Waals surface area (Å²) < 4.78 is 11.7. The third kappa shape index (κ3) is 5.09. The van der Waals surface area contributed by atoms with Crippen molar-refractivity contribution in [1.29, 1.82) is 0 Å². The number of fused-ring (bicyclic) bond motifs is 1. The van der Waals surface area contributed by atoms with E-state index in [4.69, 9.17) is 8.83 Å². The summed E-state index contributed by atoms with van der Waals surface area (Å²) >= 11 is 0. The highest BCUT2D eigenvalue weighted by atomic mass is 16.3. The molecule has 0 radical (unpaired) electrons. The molecule has 3 aromatic carbocycles. The van der Waals surface area contributed by atoms with Gasteiger partial charge in [0.2, 0.25) is 11.8 Å². The fourth-order valence-electron chi connectivity index (χ4n) is 3.78. The Balaban J connectivity index is 1.27. The molecule has 0 aliphatic heterocycles. The summed E-state index contributed by atoms with van der Waals surface area (Å²) in [5, 5.41) is 2.87. The van der Waals surface area contributed by atoms with Gasteiger partial charge in [0.25, 0.3) is 0 Å². The van der Waals surface area contributed by atoms with E-state index in [2.05, 4.69) is 43.2 Å². The number of amides is 1. The van der Waals surface area contributed by atoms with Crippen LogP contribution >= 0.6 is 0 Å². The average Bonchev–Trinajstić information content (AvgIpc) is 3.50. The monoisotopic (exact) mass is 462 g/mol. The average molecular weight is 463 g/mol. The van der Waals surface area contributed by atoms with Crippen LogP contribution in [0.3, 0.4) is 0 Å². The van der Waals surface area contributed by atoms with Crippen LogP contribution in [-0.4, -0.2) is 10.9 Å². The Morgan fingerprint density at radius 2 is 1.63 bits per heavy atom. The third-order valence-corrected chi connectivity index (χ3v) is 5.74. The molecule has 0 fully saturated rings. The van der Waals surface area contributed by atoms with Gasteiger partial charge in [0.05, 0.1) is 0 Å². The van der Waals surface area contributed by atoms with E-state index in [1.807, 2.05) is 60.7 Å². The number of benzene rings is 3. The minimum atomic E-state index is -0.261. The number of oxazole rings is 1. The number of furan rings is 1. The van der Waals surface area contributed by atoms with Crippen molar-refractivity contribution in [2.45, 2.75) is 26.2 Å². The fraction of sp³-hybridized carbons (Fsp3) is 0.133. The van der Waals surface area contributed by atoms with Crippen LogP contribution < -0.4 is 5.32 Å². The van der Waals surface area contributed by atoms with E-state index in [1.54, 1.807) is 18.2 Å². The van der Waals surface area contributed by atoms with Gasteiger partial charge in [0.15, 0.2) is 5.58 Å². The summed E-state index contributed by atoms with van der Waals surface area (Å²) in [7, 11) is 0. The van der Waals surface area contributed by atoms with Crippen molar-refractivity contribution in [2.75, 3.05) is 5.32 Å². The molecule has 0 aliphatic rings. The predicted molar refractivity (Wildman–Crippen MR) is 140 cm³/mol. The van der Waals surface area contributed by atoms with E-state index in [-0.39, 0.29) is 11.3 Å². The van der Waals surface area contributed by atoms with Crippen molar-refractivity contribution in [1.82, 2.24) is 4.98 Å². The van der Waals surface area contributed by atoms with Crippen molar-refractivity contribution in [3.63, 3.8) is 0 Å². The Morgan fingerprint density at radius 3 is 2.37 bits per heavy atom. The molecule has 174 valence electrons. The van der Waals surface area contributed by atoms with Crippen LogP contribution in [0.25, 0.3) is 40.0 Å². The number of nitrogens with zero attached hydrogens (tertiary/aromatic N) is 1. The van der Waals surface area contributed by atoms with Gasteiger partial charge in [0.1, 0.15) is 17.0 Å². The van der Waals surface area contributed by atoms with E-state index in [9.17, 15) is 4.79 Å². The summed E-state index contributed by atoms with van der Waals surface area (Å²) in [4.78, 5) is 17.1. The lowest BCUT2D eigenvalue weighted by Crippen LogP contribution is -2.10. The molecule has 2 aromatic heterocycles. The maximum Gasteiger partial charge on any atom is 0.248 e. The number of nitrogens with one attached hydrogen (secondary N) is 1. The lowest BCUT2D eigenvalue weighted by atomic mass is 9.87. The zero-order valence-electron chi connectivity index (χ0n) is 19.9. The Kier molecular flexibility index (Phi) is 5.83. The van der Waals surface area contributed by atoms with Gasteiger partial charge in [-0.2, -0.15) is 0 Å². The minimum absolute atomic E-state index is 0.0858. The van der Waals surface area contributed by atoms with E-state index in [1.165, 1.54) is 11.6 Å². The molecular weight excluding hydrogens is 436 g/mol. The van der Waals surface area contributed by atoms with Crippen LogP contribution in [0.1, 0.15) is 32.1 Å². The zero-order valence-corrected chi connectivity index (χ0v) is 19.9. The molecular formula is C30H26N2O3. The number of hydrogen-bond donors (Lipinski definition) is 1. The van der Waals surface area contributed by atoms with Crippen LogP contribution in [-0.2, 0) is 10.2 Å². The largest absolute Gasteiger partial charge is 0.457 e. The summed E-state index contributed by atoms with van der Waals surface area (Å²) in [6.45, 7) is 6.55. The van der Waals surface area contributed by atoms with Crippen LogP contribution in [0, 0.1) is 0 Å². The first kappa shape index (κ1) is 22.4. The molecule has 0 spiro atoms. The summed E-state index contributed by atoms with van der Waals surface area (Å²) in [6.07, 6.45) is 3.10. The second kappa shape index (κ2) is 9.11. The van der Waals surface area contributed by atoms with Gasteiger partial charge in [-0.15, -0.1) is 0 Å². The predicted octanol–water partition coefficient (Wildman–Crippen LogP) is 7.70. The number of rotatable bonds is 5. The van der Waals surface area contributed by atoms with Gasteiger partial charge < -0.3 is 14.2 Å². The number of hydrogen-bond acceptors (Lipinski definition) is 4. The normalized spacial score (nSPS) is 11.9.